The number of morpholine rings is 1. The number of rotatable bonds is 7. The van der Waals surface area contributed by atoms with Crippen molar-refractivity contribution in [2.24, 2.45) is 5.10 Å². The van der Waals surface area contributed by atoms with Gasteiger partial charge in [0.1, 0.15) is 12.4 Å². The minimum absolute atomic E-state index is 0.139. The van der Waals surface area contributed by atoms with E-state index in [4.69, 9.17) is 21.1 Å². The number of carbonyl (C=O) groups is 1. The Labute approximate surface area is 196 Å². The molecule has 1 saturated heterocycles. The quantitative estimate of drug-likeness (QED) is 0.299. The highest BCUT2D eigenvalue weighted by molar-refractivity contribution is 14.1. The van der Waals surface area contributed by atoms with Gasteiger partial charge in [0.15, 0.2) is 0 Å². The lowest BCUT2D eigenvalue weighted by Crippen LogP contribution is -2.42. The third-order valence-corrected chi connectivity index (χ3v) is 5.83. The van der Waals surface area contributed by atoms with Gasteiger partial charge in [-0.1, -0.05) is 23.7 Å². The second-order valence-electron chi connectivity index (χ2n) is 6.41. The summed E-state index contributed by atoms with van der Waals surface area (Å²) in [4.78, 5) is 14.0. The molecule has 9 heteroatoms. The summed E-state index contributed by atoms with van der Waals surface area (Å²) in [5.41, 5.74) is 4.46. The highest BCUT2D eigenvalue weighted by Gasteiger charge is 2.13. The molecule has 1 fully saturated rings. The number of hydrogen-bond donors (Lipinski definition) is 1. The van der Waals surface area contributed by atoms with E-state index in [1.807, 2.05) is 41.3 Å². The van der Waals surface area contributed by atoms with E-state index in [1.165, 1.54) is 0 Å². The molecule has 2 aromatic rings. The monoisotopic (exact) mass is 591 g/mol. The number of hydrazone groups is 1. The Morgan fingerprint density at radius 1 is 1.31 bits per heavy atom. The van der Waals surface area contributed by atoms with E-state index >= 15 is 0 Å². The van der Waals surface area contributed by atoms with Gasteiger partial charge in [0.05, 0.1) is 34.0 Å². The van der Waals surface area contributed by atoms with Crippen LogP contribution in [0.2, 0.25) is 5.02 Å². The Morgan fingerprint density at radius 2 is 2.03 bits per heavy atom. The molecule has 154 valence electrons. The van der Waals surface area contributed by atoms with E-state index in [9.17, 15) is 4.79 Å². The Hall–Kier alpha value is -1.20. The van der Waals surface area contributed by atoms with E-state index in [0.29, 0.717) is 31.4 Å². The highest BCUT2D eigenvalue weighted by atomic mass is 127. The van der Waals surface area contributed by atoms with Gasteiger partial charge >= 0.3 is 0 Å². The van der Waals surface area contributed by atoms with Crippen molar-refractivity contribution in [3.8, 4) is 5.75 Å². The number of nitrogens with one attached hydrogen (secondary N) is 1. The average Bonchev–Trinajstić information content (AvgIpc) is 2.69. The smallest absolute Gasteiger partial charge is 0.254 e. The second-order valence-corrected chi connectivity index (χ2v) is 8.86. The molecule has 6 nitrogen and oxygen atoms in total. The Kier molecular flexibility index (Phi) is 8.73. The molecule has 0 radical (unpaired) electrons. The van der Waals surface area contributed by atoms with Crippen LogP contribution in [0.5, 0.6) is 5.75 Å². The fraction of sp³-hybridized carbons (Fsp3) is 0.300. The van der Waals surface area contributed by atoms with Crippen LogP contribution in [-0.4, -0.2) is 49.9 Å². The van der Waals surface area contributed by atoms with Crippen LogP contribution in [0.1, 0.15) is 11.1 Å². The third-order valence-electron chi connectivity index (χ3n) is 4.19. The van der Waals surface area contributed by atoms with Gasteiger partial charge in [-0.2, -0.15) is 5.10 Å². The summed E-state index contributed by atoms with van der Waals surface area (Å²) < 4.78 is 13.0. The number of halogens is 3. The van der Waals surface area contributed by atoms with Crippen LogP contribution in [-0.2, 0) is 16.1 Å². The van der Waals surface area contributed by atoms with Crippen molar-refractivity contribution < 1.29 is 14.3 Å². The molecule has 0 bridgehead atoms. The number of amides is 1. The van der Waals surface area contributed by atoms with Crippen LogP contribution in [0.4, 0.5) is 0 Å². The third kappa shape index (κ3) is 7.21. The minimum Gasteiger partial charge on any atom is -0.487 e. The molecular weight excluding hydrogens is 572 g/mol. The molecule has 29 heavy (non-hydrogen) atoms. The molecule has 1 N–H and O–H groups in total. The summed E-state index contributed by atoms with van der Waals surface area (Å²) in [7, 11) is 0. The van der Waals surface area contributed by atoms with E-state index in [2.05, 4.69) is 49.0 Å². The van der Waals surface area contributed by atoms with E-state index in [-0.39, 0.29) is 5.91 Å². The number of ether oxygens (including phenoxy) is 2. The first-order valence-corrected chi connectivity index (χ1v) is 11.2. The van der Waals surface area contributed by atoms with Crippen molar-refractivity contribution in [2.45, 2.75) is 6.61 Å². The van der Waals surface area contributed by atoms with Crippen molar-refractivity contribution in [2.75, 3.05) is 32.8 Å². The SMILES string of the molecule is O=C(CN1CCOCC1)N/N=C/c1cc(Br)c(OCc2ccc(Cl)cc2)c(I)c1. The molecule has 0 aliphatic carbocycles. The topological polar surface area (TPSA) is 63.2 Å². The van der Waals surface area contributed by atoms with Crippen molar-refractivity contribution in [3.63, 3.8) is 0 Å². The Bertz CT molecular complexity index is 851. The first-order chi connectivity index (χ1) is 14.0. The lowest BCUT2D eigenvalue weighted by atomic mass is 10.2. The van der Waals surface area contributed by atoms with Gasteiger partial charge in [0.2, 0.25) is 0 Å². The predicted molar refractivity (Wildman–Crippen MR) is 126 cm³/mol. The van der Waals surface area contributed by atoms with Crippen molar-refractivity contribution >= 4 is 62.2 Å². The zero-order valence-corrected chi connectivity index (χ0v) is 20.0. The fourth-order valence-corrected chi connectivity index (χ4v) is 4.60. The molecule has 2 aromatic carbocycles. The molecule has 0 saturated carbocycles. The molecule has 3 rings (SSSR count). The first kappa shape index (κ1) is 22.5. The van der Waals surface area contributed by atoms with Crippen molar-refractivity contribution in [3.05, 3.63) is 60.6 Å². The van der Waals surface area contributed by atoms with Gasteiger partial charge in [0.25, 0.3) is 5.91 Å². The molecular formula is C20H20BrClIN3O3. The van der Waals surface area contributed by atoms with Crippen molar-refractivity contribution in [1.29, 1.82) is 0 Å². The highest BCUT2D eigenvalue weighted by Crippen LogP contribution is 2.32. The van der Waals surface area contributed by atoms with E-state index < -0.39 is 0 Å². The maximum absolute atomic E-state index is 12.0. The van der Waals surface area contributed by atoms with E-state index in [0.717, 1.165) is 38.0 Å². The molecule has 1 heterocycles. The average molecular weight is 593 g/mol. The number of carbonyl (C=O) groups excluding carboxylic acids is 1. The molecule has 1 aliphatic heterocycles. The van der Waals surface area contributed by atoms with Gasteiger partial charge in [0, 0.05) is 18.1 Å². The van der Waals surface area contributed by atoms with Gasteiger partial charge in [-0.25, -0.2) is 5.43 Å². The van der Waals surface area contributed by atoms with Gasteiger partial charge < -0.3 is 9.47 Å². The molecule has 1 aliphatic rings. The van der Waals surface area contributed by atoms with E-state index in [1.54, 1.807) is 6.21 Å². The molecule has 0 aromatic heterocycles. The lowest BCUT2D eigenvalue weighted by molar-refractivity contribution is -0.123. The standard InChI is InChI=1S/C20H20BrClIN3O3/c21-17-9-15(11-24-25-19(27)12-26-5-7-28-8-6-26)10-18(23)20(17)29-13-14-1-3-16(22)4-2-14/h1-4,9-11H,5-8,12-13H2,(H,25,27)/b24-11+. The van der Waals surface area contributed by atoms with Gasteiger partial charge in [-0.05, 0) is 73.9 Å². The Morgan fingerprint density at radius 3 is 2.72 bits per heavy atom. The van der Waals surface area contributed by atoms with Gasteiger partial charge in [-0.15, -0.1) is 0 Å². The number of benzene rings is 2. The molecule has 0 spiro atoms. The van der Waals surface area contributed by atoms with Crippen LogP contribution in [0.25, 0.3) is 0 Å². The molecule has 0 unspecified atom stereocenters. The summed E-state index contributed by atoms with van der Waals surface area (Å²) in [5, 5.41) is 4.76. The fourth-order valence-electron chi connectivity index (χ4n) is 2.70. The summed E-state index contributed by atoms with van der Waals surface area (Å²) in [6.45, 7) is 3.61. The molecule has 0 atom stereocenters. The number of hydrogen-bond acceptors (Lipinski definition) is 5. The number of nitrogens with zero attached hydrogens (tertiary/aromatic N) is 2. The normalized spacial score (nSPS) is 14.9. The van der Waals surface area contributed by atoms with Crippen LogP contribution < -0.4 is 10.2 Å². The van der Waals surface area contributed by atoms with Crippen LogP contribution >= 0.6 is 50.1 Å². The van der Waals surface area contributed by atoms with Crippen molar-refractivity contribution in [1.82, 2.24) is 10.3 Å². The second kappa shape index (κ2) is 11.3. The van der Waals surface area contributed by atoms with Crippen LogP contribution in [0, 0.1) is 3.57 Å². The summed E-state index contributed by atoms with van der Waals surface area (Å²) in [6, 6.07) is 11.4. The summed E-state index contributed by atoms with van der Waals surface area (Å²) >= 11 is 11.7. The Balaban J connectivity index is 1.54. The zero-order valence-electron chi connectivity index (χ0n) is 15.5. The maximum atomic E-state index is 12.0. The minimum atomic E-state index is -0.139. The van der Waals surface area contributed by atoms with Gasteiger partial charge in [-0.3, -0.25) is 9.69 Å². The predicted octanol–water partition coefficient (Wildman–Crippen LogP) is 4.07. The first-order valence-electron chi connectivity index (χ1n) is 8.99. The summed E-state index contributed by atoms with van der Waals surface area (Å²) in [6.07, 6.45) is 1.62. The zero-order chi connectivity index (χ0) is 20.6. The van der Waals surface area contributed by atoms with Crippen LogP contribution in [0.15, 0.2) is 46.0 Å². The lowest BCUT2D eigenvalue weighted by Gasteiger charge is -2.25. The largest absolute Gasteiger partial charge is 0.487 e. The molecule has 1 amide bonds. The van der Waals surface area contributed by atoms with Crippen LogP contribution in [0.3, 0.4) is 0 Å². The maximum Gasteiger partial charge on any atom is 0.254 e. The summed E-state index contributed by atoms with van der Waals surface area (Å²) in [5.74, 6) is 0.619.